The van der Waals surface area contributed by atoms with Crippen LogP contribution in [0.2, 0.25) is 0 Å². The van der Waals surface area contributed by atoms with Crippen LogP contribution in [-0.2, 0) is 4.79 Å². The number of hydrogen-bond acceptors (Lipinski definition) is 5. The second kappa shape index (κ2) is 7.04. The van der Waals surface area contributed by atoms with Gasteiger partial charge in [-0.25, -0.2) is 9.97 Å². The molecule has 1 aliphatic heterocycles. The van der Waals surface area contributed by atoms with Crippen molar-refractivity contribution in [3.8, 4) is 0 Å². The van der Waals surface area contributed by atoms with E-state index in [-0.39, 0.29) is 12.5 Å². The van der Waals surface area contributed by atoms with E-state index in [0.29, 0.717) is 12.0 Å². The SMILES string of the molecule is CCN1CCCC1CNC(=O)CNc1ncccn1. The zero-order valence-electron chi connectivity index (χ0n) is 11.3. The van der Waals surface area contributed by atoms with Crippen molar-refractivity contribution in [1.29, 1.82) is 0 Å². The number of rotatable bonds is 6. The molecule has 1 saturated heterocycles. The number of aromatic nitrogens is 2. The Morgan fingerprint density at radius 2 is 2.26 bits per heavy atom. The fraction of sp³-hybridized carbons (Fsp3) is 0.615. The third-order valence-electron chi connectivity index (χ3n) is 3.41. The Labute approximate surface area is 113 Å². The Kier molecular flexibility index (Phi) is 5.09. The third kappa shape index (κ3) is 4.17. The monoisotopic (exact) mass is 263 g/mol. The molecule has 6 nitrogen and oxygen atoms in total. The summed E-state index contributed by atoms with van der Waals surface area (Å²) in [6, 6.07) is 2.23. The van der Waals surface area contributed by atoms with Crippen molar-refractivity contribution in [1.82, 2.24) is 20.2 Å². The first kappa shape index (κ1) is 13.7. The van der Waals surface area contributed by atoms with Gasteiger partial charge in [0.15, 0.2) is 0 Å². The van der Waals surface area contributed by atoms with E-state index in [4.69, 9.17) is 0 Å². The number of carbonyl (C=O) groups excluding carboxylic acids is 1. The summed E-state index contributed by atoms with van der Waals surface area (Å²) in [7, 11) is 0. The van der Waals surface area contributed by atoms with Crippen molar-refractivity contribution in [3.63, 3.8) is 0 Å². The zero-order chi connectivity index (χ0) is 13.5. The molecule has 1 aromatic rings. The Morgan fingerprint density at radius 1 is 1.47 bits per heavy atom. The van der Waals surface area contributed by atoms with Crippen molar-refractivity contribution in [2.24, 2.45) is 0 Å². The topological polar surface area (TPSA) is 70.2 Å². The molecule has 1 aliphatic rings. The van der Waals surface area contributed by atoms with Gasteiger partial charge in [-0.3, -0.25) is 9.69 Å². The van der Waals surface area contributed by atoms with Crippen molar-refractivity contribution >= 4 is 11.9 Å². The number of anilines is 1. The van der Waals surface area contributed by atoms with Gasteiger partial charge < -0.3 is 10.6 Å². The van der Waals surface area contributed by atoms with E-state index in [2.05, 4.69) is 32.4 Å². The van der Waals surface area contributed by atoms with Gasteiger partial charge in [-0.05, 0) is 32.0 Å². The first-order valence-corrected chi connectivity index (χ1v) is 6.81. The van der Waals surface area contributed by atoms with Crippen LogP contribution in [0.25, 0.3) is 0 Å². The molecule has 1 amide bonds. The van der Waals surface area contributed by atoms with Gasteiger partial charge in [0.05, 0.1) is 6.54 Å². The molecule has 1 unspecified atom stereocenters. The summed E-state index contributed by atoms with van der Waals surface area (Å²) in [6.07, 6.45) is 5.68. The summed E-state index contributed by atoms with van der Waals surface area (Å²) in [4.78, 5) is 22.1. The van der Waals surface area contributed by atoms with E-state index in [9.17, 15) is 4.79 Å². The largest absolute Gasteiger partial charge is 0.353 e. The molecule has 1 aromatic heterocycles. The van der Waals surface area contributed by atoms with E-state index in [1.165, 1.54) is 12.8 Å². The Morgan fingerprint density at radius 3 is 3.00 bits per heavy atom. The standard InChI is InChI=1S/C13H21N5O/c1-2-18-8-3-5-11(18)9-16-12(19)10-17-13-14-6-4-7-15-13/h4,6-7,11H,2-3,5,8-10H2,1H3,(H,16,19)(H,14,15,17). The lowest BCUT2D eigenvalue weighted by molar-refractivity contribution is -0.119. The van der Waals surface area contributed by atoms with E-state index < -0.39 is 0 Å². The smallest absolute Gasteiger partial charge is 0.239 e. The second-order valence-electron chi connectivity index (χ2n) is 4.65. The molecule has 0 spiro atoms. The van der Waals surface area contributed by atoms with Crippen molar-refractivity contribution in [3.05, 3.63) is 18.5 Å². The van der Waals surface area contributed by atoms with E-state index in [1.54, 1.807) is 18.5 Å². The molecule has 0 bridgehead atoms. The molecular weight excluding hydrogens is 242 g/mol. The molecule has 0 saturated carbocycles. The van der Waals surface area contributed by atoms with E-state index in [0.717, 1.165) is 19.6 Å². The molecule has 1 fully saturated rings. The predicted octanol–water partition coefficient (Wildman–Crippen LogP) is 0.489. The van der Waals surface area contributed by atoms with Crippen molar-refractivity contribution < 1.29 is 4.79 Å². The first-order valence-electron chi connectivity index (χ1n) is 6.81. The van der Waals surface area contributed by atoms with Gasteiger partial charge in [-0.15, -0.1) is 0 Å². The lowest BCUT2D eigenvalue weighted by Crippen LogP contribution is -2.41. The number of nitrogens with one attached hydrogen (secondary N) is 2. The first-order chi connectivity index (χ1) is 9.29. The average molecular weight is 263 g/mol. The maximum Gasteiger partial charge on any atom is 0.239 e. The molecule has 19 heavy (non-hydrogen) atoms. The fourth-order valence-corrected chi connectivity index (χ4v) is 2.39. The highest BCUT2D eigenvalue weighted by molar-refractivity contribution is 5.80. The Balaban J connectivity index is 1.67. The third-order valence-corrected chi connectivity index (χ3v) is 3.41. The molecular formula is C13H21N5O. The van der Waals surface area contributed by atoms with Crippen molar-refractivity contribution in [2.75, 3.05) is 31.5 Å². The summed E-state index contributed by atoms with van der Waals surface area (Å²) >= 11 is 0. The van der Waals surface area contributed by atoms with Gasteiger partial charge in [0, 0.05) is 25.0 Å². The summed E-state index contributed by atoms with van der Waals surface area (Å²) in [5.74, 6) is 0.462. The van der Waals surface area contributed by atoms with Crippen LogP contribution in [0.4, 0.5) is 5.95 Å². The van der Waals surface area contributed by atoms with Crippen molar-refractivity contribution in [2.45, 2.75) is 25.8 Å². The van der Waals surface area contributed by atoms with Crippen LogP contribution in [-0.4, -0.2) is 53.0 Å². The summed E-state index contributed by atoms with van der Waals surface area (Å²) in [6.45, 7) is 5.30. The molecule has 2 rings (SSSR count). The molecule has 2 heterocycles. The van der Waals surface area contributed by atoms with E-state index >= 15 is 0 Å². The highest BCUT2D eigenvalue weighted by Gasteiger charge is 2.22. The lowest BCUT2D eigenvalue weighted by atomic mass is 10.2. The molecule has 2 N–H and O–H groups in total. The van der Waals surface area contributed by atoms with Crippen LogP contribution in [0.1, 0.15) is 19.8 Å². The zero-order valence-corrected chi connectivity index (χ0v) is 11.3. The number of likely N-dealkylation sites (tertiary alicyclic amines) is 1. The lowest BCUT2D eigenvalue weighted by Gasteiger charge is -2.22. The molecule has 104 valence electrons. The minimum atomic E-state index is -0.0181. The Hall–Kier alpha value is -1.69. The van der Waals surface area contributed by atoms with Crippen LogP contribution in [0.3, 0.4) is 0 Å². The number of nitrogens with zero attached hydrogens (tertiary/aromatic N) is 3. The molecule has 1 atom stereocenters. The minimum absolute atomic E-state index is 0.0181. The maximum absolute atomic E-state index is 11.7. The predicted molar refractivity (Wildman–Crippen MR) is 73.8 cm³/mol. The van der Waals surface area contributed by atoms with Gasteiger partial charge >= 0.3 is 0 Å². The van der Waals surface area contributed by atoms with Gasteiger partial charge in [0.2, 0.25) is 11.9 Å². The van der Waals surface area contributed by atoms with Crippen LogP contribution in [0.15, 0.2) is 18.5 Å². The highest BCUT2D eigenvalue weighted by atomic mass is 16.1. The quantitative estimate of drug-likeness (QED) is 0.781. The highest BCUT2D eigenvalue weighted by Crippen LogP contribution is 2.15. The summed E-state index contributed by atoms with van der Waals surface area (Å²) in [5, 5.41) is 5.86. The van der Waals surface area contributed by atoms with Crippen LogP contribution in [0, 0.1) is 0 Å². The van der Waals surface area contributed by atoms with Gasteiger partial charge in [-0.2, -0.15) is 0 Å². The normalized spacial score (nSPS) is 19.3. The molecule has 0 aromatic carbocycles. The number of likely N-dealkylation sites (N-methyl/N-ethyl adjacent to an activating group) is 1. The Bertz CT molecular complexity index is 397. The molecule has 0 aliphatic carbocycles. The number of carbonyl (C=O) groups is 1. The van der Waals surface area contributed by atoms with Gasteiger partial charge in [-0.1, -0.05) is 6.92 Å². The number of hydrogen-bond donors (Lipinski definition) is 2. The van der Waals surface area contributed by atoms with Crippen LogP contribution < -0.4 is 10.6 Å². The van der Waals surface area contributed by atoms with Gasteiger partial charge in [0.1, 0.15) is 0 Å². The molecule has 0 radical (unpaired) electrons. The average Bonchev–Trinajstić information content (AvgIpc) is 2.91. The summed E-state index contributed by atoms with van der Waals surface area (Å²) < 4.78 is 0. The van der Waals surface area contributed by atoms with Gasteiger partial charge in [0.25, 0.3) is 0 Å². The maximum atomic E-state index is 11.7. The van der Waals surface area contributed by atoms with Crippen LogP contribution >= 0.6 is 0 Å². The minimum Gasteiger partial charge on any atom is -0.353 e. The van der Waals surface area contributed by atoms with E-state index in [1.807, 2.05) is 0 Å². The van der Waals surface area contributed by atoms with Crippen LogP contribution in [0.5, 0.6) is 0 Å². The second-order valence-corrected chi connectivity index (χ2v) is 4.65. The number of amides is 1. The molecule has 6 heteroatoms. The summed E-state index contributed by atoms with van der Waals surface area (Å²) in [5.41, 5.74) is 0. The fourth-order valence-electron chi connectivity index (χ4n) is 2.39.